The third-order valence-corrected chi connectivity index (χ3v) is 2.62. The van der Waals surface area contributed by atoms with Crippen molar-refractivity contribution in [2.24, 2.45) is 0 Å². The second kappa shape index (κ2) is 6.65. The van der Waals surface area contributed by atoms with Gasteiger partial charge in [0, 0.05) is 12.3 Å². The van der Waals surface area contributed by atoms with Crippen LogP contribution >= 0.6 is 0 Å². The third-order valence-electron chi connectivity index (χ3n) is 2.62. The zero-order valence-electron chi connectivity index (χ0n) is 11.7. The number of amides is 1. The first kappa shape index (κ1) is 16.7. The Hall–Kier alpha value is -2.62. The number of halogens is 4. The number of benzene rings is 1. The van der Waals surface area contributed by atoms with Gasteiger partial charge in [-0.15, -0.1) is 0 Å². The lowest BCUT2D eigenvalue weighted by Crippen LogP contribution is -2.29. The van der Waals surface area contributed by atoms with E-state index < -0.39 is 24.5 Å². The van der Waals surface area contributed by atoms with Crippen LogP contribution in [0.15, 0.2) is 30.5 Å². The summed E-state index contributed by atoms with van der Waals surface area (Å²) in [6.45, 7) is -1.62. The highest BCUT2D eigenvalue weighted by atomic mass is 19.4. The first-order chi connectivity index (χ1) is 10.8. The summed E-state index contributed by atoms with van der Waals surface area (Å²) in [5.74, 6) is -1.53. The molecule has 0 unspecified atom stereocenters. The molecular weight excluding hydrogens is 322 g/mol. The Morgan fingerprint density at radius 3 is 2.74 bits per heavy atom. The molecule has 0 aliphatic rings. The van der Waals surface area contributed by atoms with Crippen molar-refractivity contribution in [3.8, 4) is 11.4 Å². The maximum Gasteiger partial charge on any atom is 0.414 e. The van der Waals surface area contributed by atoms with Crippen LogP contribution in [0.2, 0.25) is 0 Å². The molecule has 0 bridgehead atoms. The van der Waals surface area contributed by atoms with Gasteiger partial charge >= 0.3 is 6.18 Å². The maximum absolute atomic E-state index is 13.3. The van der Waals surface area contributed by atoms with E-state index in [-0.39, 0.29) is 11.4 Å². The molecule has 124 valence electrons. The van der Waals surface area contributed by atoms with Crippen LogP contribution in [0.4, 0.5) is 17.6 Å². The lowest BCUT2D eigenvalue weighted by Gasteiger charge is -2.07. The molecule has 0 aliphatic heterocycles. The van der Waals surface area contributed by atoms with Crippen molar-refractivity contribution >= 4 is 5.91 Å². The van der Waals surface area contributed by atoms with Gasteiger partial charge < -0.3 is 4.74 Å². The van der Waals surface area contributed by atoms with E-state index in [1.807, 2.05) is 0 Å². The molecule has 1 heterocycles. The molecule has 1 N–H and O–H groups in total. The van der Waals surface area contributed by atoms with Crippen LogP contribution in [0.3, 0.4) is 0 Å². The Kier molecular flexibility index (Phi) is 4.84. The van der Waals surface area contributed by atoms with Gasteiger partial charge in [-0.3, -0.25) is 9.63 Å². The van der Waals surface area contributed by atoms with E-state index in [1.165, 1.54) is 36.2 Å². The van der Waals surface area contributed by atoms with Gasteiger partial charge in [-0.05, 0) is 18.2 Å². The van der Waals surface area contributed by atoms with Gasteiger partial charge in [0.05, 0.1) is 12.8 Å². The number of alkyl halides is 3. The first-order valence-corrected chi connectivity index (χ1v) is 6.18. The van der Waals surface area contributed by atoms with Crippen molar-refractivity contribution in [2.45, 2.75) is 6.18 Å². The number of ether oxygens (including phenoxy) is 1. The number of rotatable bonds is 5. The molecule has 0 saturated heterocycles. The molecule has 0 radical (unpaired) electrons. The largest absolute Gasteiger partial charge is 0.494 e. The predicted molar refractivity (Wildman–Crippen MR) is 69.5 cm³/mol. The summed E-state index contributed by atoms with van der Waals surface area (Å²) < 4.78 is 55.1. The lowest BCUT2D eigenvalue weighted by atomic mass is 10.3. The highest BCUT2D eigenvalue weighted by molar-refractivity contribution is 5.91. The van der Waals surface area contributed by atoms with Crippen LogP contribution in [0, 0.1) is 5.82 Å². The highest BCUT2D eigenvalue weighted by Gasteiger charge is 2.28. The van der Waals surface area contributed by atoms with Crippen LogP contribution in [0.5, 0.6) is 5.75 Å². The average Bonchev–Trinajstić information content (AvgIpc) is 2.96. The van der Waals surface area contributed by atoms with E-state index in [2.05, 4.69) is 9.94 Å². The number of hydrogen-bond donors (Lipinski definition) is 1. The summed E-state index contributed by atoms with van der Waals surface area (Å²) in [4.78, 5) is 15.6. The van der Waals surface area contributed by atoms with E-state index in [9.17, 15) is 22.4 Å². The van der Waals surface area contributed by atoms with E-state index in [4.69, 9.17) is 4.74 Å². The van der Waals surface area contributed by atoms with Crippen LogP contribution in [-0.2, 0) is 4.84 Å². The zero-order valence-corrected chi connectivity index (χ0v) is 11.7. The maximum atomic E-state index is 13.3. The standard InChI is InChI=1S/C13H11F4N3O3/c1-22-11-6-8(2-3-9(11)14)20-5-4-10(18-20)12(21)19-23-7-13(15,16)17/h2-6H,7H2,1H3,(H,19,21). The van der Waals surface area contributed by atoms with Gasteiger partial charge in [-0.25, -0.2) is 14.6 Å². The topological polar surface area (TPSA) is 65.4 Å². The molecule has 10 heteroatoms. The number of hydrogen-bond acceptors (Lipinski definition) is 4. The highest BCUT2D eigenvalue weighted by Crippen LogP contribution is 2.20. The minimum Gasteiger partial charge on any atom is -0.494 e. The van der Waals surface area contributed by atoms with Gasteiger partial charge in [0.2, 0.25) is 0 Å². The molecule has 2 aromatic rings. The van der Waals surface area contributed by atoms with Gasteiger partial charge in [0.25, 0.3) is 5.91 Å². The molecule has 1 aromatic carbocycles. The van der Waals surface area contributed by atoms with E-state index in [0.717, 1.165) is 6.07 Å². The van der Waals surface area contributed by atoms with E-state index >= 15 is 0 Å². The molecule has 0 atom stereocenters. The number of methoxy groups -OCH3 is 1. The van der Waals surface area contributed by atoms with E-state index in [1.54, 1.807) is 5.48 Å². The van der Waals surface area contributed by atoms with Crippen LogP contribution in [0.1, 0.15) is 10.5 Å². The van der Waals surface area contributed by atoms with Gasteiger partial charge in [0.15, 0.2) is 23.9 Å². The summed E-state index contributed by atoms with van der Waals surface area (Å²) in [5.41, 5.74) is 1.86. The molecular formula is C13H11F4N3O3. The number of nitrogens with one attached hydrogen (secondary N) is 1. The minimum atomic E-state index is -4.56. The van der Waals surface area contributed by atoms with Gasteiger partial charge in [-0.2, -0.15) is 18.3 Å². The number of carbonyl (C=O) groups excluding carboxylic acids is 1. The van der Waals surface area contributed by atoms with Crippen molar-refractivity contribution in [1.29, 1.82) is 0 Å². The van der Waals surface area contributed by atoms with Crippen molar-refractivity contribution in [1.82, 2.24) is 15.3 Å². The fraction of sp³-hybridized carbons (Fsp3) is 0.231. The molecule has 0 saturated carbocycles. The Morgan fingerprint density at radius 2 is 2.09 bits per heavy atom. The Balaban J connectivity index is 2.07. The summed E-state index contributed by atoms with van der Waals surface area (Å²) >= 11 is 0. The van der Waals surface area contributed by atoms with E-state index in [0.29, 0.717) is 5.69 Å². The van der Waals surface area contributed by atoms with Crippen molar-refractivity contribution in [2.75, 3.05) is 13.7 Å². The molecule has 6 nitrogen and oxygen atoms in total. The molecule has 0 spiro atoms. The molecule has 1 aromatic heterocycles. The number of hydroxylamine groups is 1. The molecule has 23 heavy (non-hydrogen) atoms. The second-order valence-corrected chi connectivity index (χ2v) is 4.30. The predicted octanol–water partition coefficient (Wildman–Crippen LogP) is 2.24. The number of carbonyl (C=O) groups is 1. The lowest BCUT2D eigenvalue weighted by molar-refractivity contribution is -0.184. The number of aromatic nitrogens is 2. The Bertz CT molecular complexity index is 700. The fourth-order valence-corrected chi connectivity index (χ4v) is 1.62. The molecule has 0 fully saturated rings. The summed E-state index contributed by atoms with van der Waals surface area (Å²) in [6.07, 6.45) is -3.18. The van der Waals surface area contributed by atoms with Gasteiger partial charge in [0.1, 0.15) is 0 Å². The number of nitrogens with zero attached hydrogens (tertiary/aromatic N) is 2. The smallest absolute Gasteiger partial charge is 0.414 e. The third kappa shape index (κ3) is 4.42. The second-order valence-electron chi connectivity index (χ2n) is 4.30. The molecule has 2 rings (SSSR count). The quantitative estimate of drug-likeness (QED) is 0.673. The molecule has 1 amide bonds. The van der Waals surface area contributed by atoms with Crippen molar-refractivity contribution < 1.29 is 31.9 Å². The van der Waals surface area contributed by atoms with Crippen LogP contribution < -0.4 is 10.2 Å². The summed E-state index contributed by atoms with van der Waals surface area (Å²) in [6, 6.07) is 5.17. The Labute approximate surface area is 127 Å². The summed E-state index contributed by atoms with van der Waals surface area (Å²) in [7, 11) is 1.29. The normalized spacial score (nSPS) is 11.3. The van der Waals surface area contributed by atoms with Crippen molar-refractivity contribution in [3.63, 3.8) is 0 Å². The van der Waals surface area contributed by atoms with Crippen molar-refractivity contribution in [3.05, 3.63) is 42.0 Å². The average molecular weight is 333 g/mol. The molecule has 0 aliphatic carbocycles. The zero-order chi connectivity index (χ0) is 17.0. The minimum absolute atomic E-state index is 0.0162. The van der Waals surface area contributed by atoms with Crippen LogP contribution in [-0.4, -0.2) is 35.6 Å². The monoisotopic (exact) mass is 333 g/mol. The SMILES string of the molecule is COc1cc(-n2ccc(C(=O)NOCC(F)(F)F)n2)ccc1F. The van der Waals surface area contributed by atoms with Crippen LogP contribution in [0.25, 0.3) is 5.69 Å². The van der Waals surface area contributed by atoms with Gasteiger partial charge in [-0.1, -0.05) is 0 Å². The first-order valence-electron chi connectivity index (χ1n) is 6.18. The summed E-state index contributed by atoms with van der Waals surface area (Å²) in [5, 5.41) is 3.87. The Morgan fingerprint density at radius 1 is 1.35 bits per heavy atom. The fourth-order valence-electron chi connectivity index (χ4n) is 1.62.